The van der Waals surface area contributed by atoms with Crippen molar-refractivity contribution in [3.05, 3.63) is 46.7 Å². The van der Waals surface area contributed by atoms with Crippen LogP contribution in [0.25, 0.3) is 0 Å². The first kappa shape index (κ1) is 15.6. The van der Waals surface area contributed by atoms with Gasteiger partial charge in [-0.2, -0.15) is 0 Å². The molecule has 0 unspecified atom stereocenters. The SMILES string of the molecule is COc1ccc(NS(=O)(=O)c2ccc(Br)c(N)c2)cc1F. The van der Waals surface area contributed by atoms with E-state index in [4.69, 9.17) is 10.5 Å². The van der Waals surface area contributed by atoms with Gasteiger partial charge in [-0.3, -0.25) is 4.72 Å². The van der Waals surface area contributed by atoms with Crippen LogP contribution in [0.3, 0.4) is 0 Å². The van der Waals surface area contributed by atoms with Gasteiger partial charge >= 0.3 is 0 Å². The van der Waals surface area contributed by atoms with Gasteiger partial charge in [-0.05, 0) is 46.3 Å². The number of nitrogens with one attached hydrogen (secondary N) is 1. The Labute approximate surface area is 130 Å². The van der Waals surface area contributed by atoms with Crippen LogP contribution in [0.5, 0.6) is 5.75 Å². The Hall–Kier alpha value is -1.80. The number of methoxy groups -OCH3 is 1. The molecule has 0 saturated heterocycles. The molecule has 0 aromatic heterocycles. The highest BCUT2D eigenvalue weighted by Gasteiger charge is 2.16. The minimum absolute atomic E-state index is 0.0144. The van der Waals surface area contributed by atoms with Crippen LogP contribution in [-0.2, 0) is 10.0 Å². The second-order valence-corrected chi connectivity index (χ2v) is 6.67. The Morgan fingerprint density at radius 2 is 1.95 bits per heavy atom. The molecule has 0 radical (unpaired) electrons. The van der Waals surface area contributed by atoms with E-state index in [2.05, 4.69) is 20.7 Å². The predicted octanol–water partition coefficient (Wildman–Crippen LogP) is 2.98. The molecular formula is C13H12BrFN2O3S. The van der Waals surface area contributed by atoms with Crippen LogP contribution in [-0.4, -0.2) is 15.5 Å². The molecule has 0 atom stereocenters. The van der Waals surface area contributed by atoms with Crippen LogP contribution in [0.15, 0.2) is 45.8 Å². The number of hydrogen-bond acceptors (Lipinski definition) is 4. The van der Waals surface area contributed by atoms with Crippen LogP contribution < -0.4 is 15.2 Å². The smallest absolute Gasteiger partial charge is 0.261 e. The lowest BCUT2D eigenvalue weighted by atomic mass is 10.3. The molecule has 2 aromatic carbocycles. The van der Waals surface area contributed by atoms with Gasteiger partial charge in [0.2, 0.25) is 0 Å². The summed E-state index contributed by atoms with van der Waals surface area (Å²) in [6.07, 6.45) is 0. The van der Waals surface area contributed by atoms with Crippen molar-refractivity contribution in [1.82, 2.24) is 0 Å². The summed E-state index contributed by atoms with van der Waals surface area (Å²) in [6.45, 7) is 0. The van der Waals surface area contributed by atoms with Crippen molar-refractivity contribution < 1.29 is 17.5 Å². The molecular weight excluding hydrogens is 363 g/mol. The van der Waals surface area contributed by atoms with Crippen LogP contribution in [0.2, 0.25) is 0 Å². The van der Waals surface area contributed by atoms with Gasteiger partial charge in [-0.25, -0.2) is 12.8 Å². The van der Waals surface area contributed by atoms with Crippen LogP contribution in [0, 0.1) is 5.82 Å². The molecule has 0 spiro atoms. The number of ether oxygens (including phenoxy) is 1. The first-order valence-corrected chi connectivity index (χ1v) is 8.02. The monoisotopic (exact) mass is 374 g/mol. The van der Waals surface area contributed by atoms with Crippen LogP contribution in [0.1, 0.15) is 0 Å². The molecule has 2 rings (SSSR count). The van der Waals surface area contributed by atoms with Crippen molar-refractivity contribution in [3.63, 3.8) is 0 Å². The number of sulfonamides is 1. The van der Waals surface area contributed by atoms with E-state index in [0.717, 1.165) is 6.07 Å². The summed E-state index contributed by atoms with van der Waals surface area (Å²) in [5, 5.41) is 0. The van der Waals surface area contributed by atoms with Gasteiger partial charge in [0.05, 0.1) is 17.7 Å². The molecule has 2 aromatic rings. The van der Waals surface area contributed by atoms with Crippen molar-refractivity contribution in [2.75, 3.05) is 17.6 Å². The van der Waals surface area contributed by atoms with Crippen LogP contribution in [0.4, 0.5) is 15.8 Å². The fraction of sp³-hybridized carbons (Fsp3) is 0.0769. The molecule has 0 saturated carbocycles. The molecule has 21 heavy (non-hydrogen) atoms. The number of rotatable bonds is 4. The quantitative estimate of drug-likeness (QED) is 0.806. The maximum atomic E-state index is 13.6. The summed E-state index contributed by atoms with van der Waals surface area (Å²) in [5.41, 5.74) is 6.04. The van der Waals surface area contributed by atoms with Crippen molar-refractivity contribution in [3.8, 4) is 5.75 Å². The van der Waals surface area contributed by atoms with Gasteiger partial charge in [0.25, 0.3) is 10.0 Å². The molecule has 112 valence electrons. The summed E-state index contributed by atoms with van der Waals surface area (Å²) in [4.78, 5) is -0.0144. The largest absolute Gasteiger partial charge is 0.494 e. The van der Waals surface area contributed by atoms with E-state index in [9.17, 15) is 12.8 Å². The molecule has 0 fully saturated rings. The second-order valence-electron chi connectivity index (χ2n) is 4.14. The van der Waals surface area contributed by atoms with Gasteiger partial charge in [-0.1, -0.05) is 0 Å². The minimum Gasteiger partial charge on any atom is -0.494 e. The Morgan fingerprint density at radius 3 is 2.52 bits per heavy atom. The maximum Gasteiger partial charge on any atom is 0.261 e. The van der Waals surface area contributed by atoms with E-state index in [1.165, 1.54) is 37.4 Å². The summed E-state index contributed by atoms with van der Waals surface area (Å²) in [7, 11) is -2.52. The lowest BCUT2D eigenvalue weighted by Crippen LogP contribution is -2.13. The van der Waals surface area contributed by atoms with E-state index in [0.29, 0.717) is 10.2 Å². The van der Waals surface area contributed by atoms with Crippen molar-refractivity contribution >= 4 is 37.3 Å². The van der Waals surface area contributed by atoms with E-state index < -0.39 is 15.8 Å². The molecule has 8 heteroatoms. The van der Waals surface area contributed by atoms with E-state index in [1.807, 2.05) is 0 Å². The summed E-state index contributed by atoms with van der Waals surface area (Å²) in [6, 6.07) is 8.01. The molecule has 0 aliphatic carbocycles. The Morgan fingerprint density at radius 1 is 1.24 bits per heavy atom. The summed E-state index contributed by atoms with van der Waals surface area (Å²) >= 11 is 3.18. The highest BCUT2D eigenvalue weighted by Crippen LogP contribution is 2.26. The van der Waals surface area contributed by atoms with Gasteiger partial charge in [0.15, 0.2) is 11.6 Å². The van der Waals surface area contributed by atoms with Crippen LogP contribution >= 0.6 is 15.9 Å². The molecule has 0 bridgehead atoms. The first-order chi connectivity index (χ1) is 9.83. The zero-order valence-electron chi connectivity index (χ0n) is 10.9. The third-order valence-electron chi connectivity index (χ3n) is 2.68. The molecule has 3 N–H and O–H groups in total. The van der Waals surface area contributed by atoms with E-state index in [-0.39, 0.29) is 16.3 Å². The summed E-state index contributed by atoms with van der Waals surface area (Å²) in [5.74, 6) is -0.626. The fourth-order valence-electron chi connectivity index (χ4n) is 1.63. The first-order valence-electron chi connectivity index (χ1n) is 5.75. The zero-order chi connectivity index (χ0) is 15.6. The standard InChI is InChI=1S/C13H12BrFN2O3S/c1-20-13-5-2-8(6-11(13)15)17-21(18,19)9-3-4-10(14)12(16)7-9/h2-7,17H,16H2,1H3. The second kappa shape index (κ2) is 5.90. The van der Waals surface area contributed by atoms with Gasteiger partial charge < -0.3 is 10.5 Å². The highest BCUT2D eigenvalue weighted by atomic mass is 79.9. The Bertz CT molecular complexity index is 781. The normalized spacial score (nSPS) is 11.2. The highest BCUT2D eigenvalue weighted by molar-refractivity contribution is 9.10. The van der Waals surface area contributed by atoms with Gasteiger partial charge in [0.1, 0.15) is 0 Å². The molecule has 0 amide bonds. The number of halogens is 2. The van der Waals surface area contributed by atoms with Crippen molar-refractivity contribution in [1.29, 1.82) is 0 Å². The fourth-order valence-corrected chi connectivity index (χ4v) is 2.96. The lowest BCUT2D eigenvalue weighted by Gasteiger charge is -2.10. The molecule has 0 aliphatic rings. The lowest BCUT2D eigenvalue weighted by molar-refractivity contribution is 0.386. The number of nitrogens with two attached hydrogens (primary N) is 1. The average Bonchev–Trinajstić information content (AvgIpc) is 2.41. The number of anilines is 2. The topological polar surface area (TPSA) is 81.4 Å². The molecule has 0 heterocycles. The van der Waals surface area contributed by atoms with E-state index >= 15 is 0 Å². The van der Waals surface area contributed by atoms with Crippen molar-refractivity contribution in [2.24, 2.45) is 0 Å². The Kier molecular flexibility index (Phi) is 4.38. The molecule has 0 aliphatic heterocycles. The third kappa shape index (κ3) is 3.45. The van der Waals surface area contributed by atoms with Gasteiger partial charge in [0, 0.05) is 16.2 Å². The van der Waals surface area contributed by atoms with Gasteiger partial charge in [-0.15, -0.1) is 0 Å². The third-order valence-corrected chi connectivity index (χ3v) is 4.78. The number of hydrogen-bond donors (Lipinski definition) is 2. The number of benzene rings is 2. The predicted molar refractivity (Wildman–Crippen MR) is 82.3 cm³/mol. The Balaban J connectivity index is 2.32. The minimum atomic E-state index is -3.85. The summed E-state index contributed by atoms with van der Waals surface area (Å²) < 4.78 is 45.6. The maximum absolute atomic E-state index is 13.6. The van der Waals surface area contributed by atoms with Crippen molar-refractivity contribution in [2.45, 2.75) is 4.90 Å². The molecule has 5 nitrogen and oxygen atoms in total. The van der Waals surface area contributed by atoms with E-state index in [1.54, 1.807) is 0 Å². The zero-order valence-corrected chi connectivity index (χ0v) is 13.3. The average molecular weight is 375 g/mol. The number of nitrogen functional groups attached to an aromatic ring is 1.